The molecule has 1 aliphatic heterocycles. The van der Waals surface area contributed by atoms with Gasteiger partial charge in [-0.25, -0.2) is 0 Å². The zero-order chi connectivity index (χ0) is 19.3. The van der Waals surface area contributed by atoms with Crippen molar-refractivity contribution >= 4 is 23.4 Å². The van der Waals surface area contributed by atoms with Gasteiger partial charge in [-0.15, -0.1) is 13.2 Å². The largest absolute Gasteiger partial charge is 0.573 e. The van der Waals surface area contributed by atoms with Gasteiger partial charge in [0.25, 0.3) is 0 Å². The smallest absolute Gasteiger partial charge is 0.406 e. The first kappa shape index (κ1) is 17.6. The number of amides is 3. The molecule has 4 rings (SSSR count). The van der Waals surface area contributed by atoms with E-state index in [0.717, 1.165) is 23.5 Å². The fourth-order valence-corrected chi connectivity index (χ4v) is 4.24. The number of hydrogen-bond donors (Lipinski definition) is 1. The average Bonchev–Trinajstić information content (AvgIpc) is 3.23. The summed E-state index contributed by atoms with van der Waals surface area (Å²) >= 11 is 0. The highest BCUT2D eigenvalue weighted by Crippen LogP contribution is 2.52. The zero-order valence-corrected chi connectivity index (χ0v) is 13.9. The Balaban J connectivity index is 1.41. The number of carbonyl (C=O) groups is 3. The van der Waals surface area contributed by atoms with Crippen molar-refractivity contribution in [3.05, 3.63) is 36.4 Å². The number of hydrogen-bond acceptors (Lipinski definition) is 4. The molecule has 27 heavy (non-hydrogen) atoms. The van der Waals surface area contributed by atoms with Gasteiger partial charge in [-0.05, 0) is 30.4 Å². The van der Waals surface area contributed by atoms with Gasteiger partial charge in [0.05, 0.1) is 11.8 Å². The van der Waals surface area contributed by atoms with Crippen molar-refractivity contribution in [2.75, 3.05) is 11.9 Å². The van der Waals surface area contributed by atoms with E-state index in [-0.39, 0.29) is 29.3 Å². The molecule has 142 valence electrons. The van der Waals surface area contributed by atoms with E-state index in [4.69, 9.17) is 0 Å². The molecule has 1 saturated carbocycles. The first-order valence-corrected chi connectivity index (χ1v) is 8.42. The molecule has 9 heteroatoms. The van der Waals surface area contributed by atoms with Gasteiger partial charge in [0.15, 0.2) is 0 Å². The monoisotopic (exact) mass is 380 g/mol. The number of likely N-dealkylation sites (tertiary alicyclic amines) is 1. The third-order valence-electron chi connectivity index (χ3n) is 5.21. The van der Waals surface area contributed by atoms with E-state index in [1.54, 1.807) is 0 Å². The van der Waals surface area contributed by atoms with E-state index in [1.165, 1.54) is 12.1 Å². The Labute approximate surface area is 152 Å². The molecule has 2 bridgehead atoms. The van der Waals surface area contributed by atoms with Gasteiger partial charge in [-0.1, -0.05) is 18.2 Å². The highest BCUT2D eigenvalue weighted by Gasteiger charge is 2.59. The van der Waals surface area contributed by atoms with Gasteiger partial charge in [0.1, 0.15) is 12.3 Å². The molecule has 1 aromatic rings. The molecular formula is C18H15F3N2O4. The molecule has 0 aromatic heterocycles. The maximum atomic E-state index is 12.5. The number of rotatable bonds is 4. The average molecular weight is 380 g/mol. The lowest BCUT2D eigenvalue weighted by atomic mass is 9.85. The Morgan fingerprint density at radius 1 is 1.15 bits per heavy atom. The van der Waals surface area contributed by atoms with Crippen LogP contribution in [0.25, 0.3) is 0 Å². The number of carbonyl (C=O) groups excluding carboxylic acids is 3. The third kappa shape index (κ3) is 3.17. The fourth-order valence-electron chi connectivity index (χ4n) is 4.24. The van der Waals surface area contributed by atoms with E-state index in [0.29, 0.717) is 0 Å². The molecule has 0 spiro atoms. The van der Waals surface area contributed by atoms with Crippen LogP contribution in [0.1, 0.15) is 6.42 Å². The summed E-state index contributed by atoms with van der Waals surface area (Å²) in [4.78, 5) is 38.2. The summed E-state index contributed by atoms with van der Waals surface area (Å²) in [6.45, 7) is -0.464. The molecule has 6 nitrogen and oxygen atoms in total. The van der Waals surface area contributed by atoms with Crippen molar-refractivity contribution in [3.63, 3.8) is 0 Å². The molecule has 4 unspecified atom stereocenters. The van der Waals surface area contributed by atoms with Crippen LogP contribution in [0.4, 0.5) is 18.9 Å². The lowest BCUT2D eigenvalue weighted by molar-refractivity contribution is -0.274. The second-order valence-corrected chi connectivity index (χ2v) is 6.89. The van der Waals surface area contributed by atoms with Crippen molar-refractivity contribution in [3.8, 4) is 5.75 Å². The first-order valence-electron chi connectivity index (χ1n) is 8.42. The molecule has 1 aromatic carbocycles. The molecule has 1 heterocycles. The number of ether oxygens (including phenoxy) is 1. The summed E-state index contributed by atoms with van der Waals surface area (Å²) in [5.41, 5.74) is 0.0720. The van der Waals surface area contributed by atoms with Crippen LogP contribution >= 0.6 is 0 Å². The summed E-state index contributed by atoms with van der Waals surface area (Å²) in [6.07, 6.45) is -0.152. The molecule has 3 aliphatic rings. The quantitative estimate of drug-likeness (QED) is 0.643. The predicted molar refractivity (Wildman–Crippen MR) is 86.2 cm³/mol. The van der Waals surface area contributed by atoms with Gasteiger partial charge in [-0.3, -0.25) is 19.3 Å². The number of imide groups is 1. The number of anilines is 1. The first-order chi connectivity index (χ1) is 12.7. The number of nitrogens with zero attached hydrogens (tertiary/aromatic N) is 1. The number of nitrogens with one attached hydrogen (secondary N) is 1. The van der Waals surface area contributed by atoms with Crippen molar-refractivity contribution < 1.29 is 32.3 Å². The Hall–Kier alpha value is -2.84. The van der Waals surface area contributed by atoms with E-state index >= 15 is 0 Å². The summed E-state index contributed by atoms with van der Waals surface area (Å²) in [7, 11) is 0. The number of benzene rings is 1. The summed E-state index contributed by atoms with van der Waals surface area (Å²) < 4.78 is 40.6. The predicted octanol–water partition coefficient (Wildman–Crippen LogP) is 2.33. The zero-order valence-electron chi connectivity index (χ0n) is 13.9. The highest BCUT2D eigenvalue weighted by molar-refractivity contribution is 6.09. The molecular weight excluding hydrogens is 365 g/mol. The molecule has 3 amide bonds. The van der Waals surface area contributed by atoms with Gasteiger partial charge in [0, 0.05) is 11.8 Å². The Bertz CT molecular complexity index is 821. The van der Waals surface area contributed by atoms with E-state index in [9.17, 15) is 27.6 Å². The molecule has 0 radical (unpaired) electrons. The minimum atomic E-state index is -4.85. The van der Waals surface area contributed by atoms with Crippen molar-refractivity contribution in [1.82, 2.24) is 4.90 Å². The van der Waals surface area contributed by atoms with E-state index < -0.39 is 36.4 Å². The summed E-state index contributed by atoms with van der Waals surface area (Å²) in [5, 5.41) is 2.39. The second-order valence-electron chi connectivity index (χ2n) is 6.89. The van der Waals surface area contributed by atoms with Crippen molar-refractivity contribution in [2.45, 2.75) is 12.8 Å². The fraction of sp³-hybridized carbons (Fsp3) is 0.389. The SMILES string of the molecule is O=C(CN1C(=O)C2C3C=CC(C3)C2C1=O)Nc1cccc(OC(F)(F)F)c1. The van der Waals surface area contributed by atoms with Crippen molar-refractivity contribution in [2.24, 2.45) is 23.7 Å². The Morgan fingerprint density at radius 2 is 1.78 bits per heavy atom. The van der Waals surface area contributed by atoms with Gasteiger partial charge >= 0.3 is 6.36 Å². The van der Waals surface area contributed by atoms with Crippen molar-refractivity contribution in [1.29, 1.82) is 0 Å². The highest BCUT2D eigenvalue weighted by atomic mass is 19.4. The molecule has 2 aliphatic carbocycles. The molecule has 4 atom stereocenters. The lowest BCUT2D eigenvalue weighted by Gasteiger charge is -2.17. The summed E-state index contributed by atoms with van der Waals surface area (Å²) in [5.74, 6) is -2.57. The normalized spacial score (nSPS) is 28.6. The van der Waals surface area contributed by atoms with Crippen LogP contribution in [0.2, 0.25) is 0 Å². The second kappa shape index (κ2) is 6.11. The van der Waals surface area contributed by atoms with Crippen LogP contribution in [0, 0.1) is 23.7 Å². The maximum Gasteiger partial charge on any atom is 0.573 e. The van der Waals surface area contributed by atoms with Gasteiger partial charge in [0.2, 0.25) is 17.7 Å². The van der Waals surface area contributed by atoms with Crippen LogP contribution in [-0.4, -0.2) is 35.5 Å². The van der Waals surface area contributed by atoms with Crippen LogP contribution < -0.4 is 10.1 Å². The standard InChI is InChI=1S/C18H15F3N2O4/c19-18(20,21)27-12-3-1-2-11(7-12)22-13(24)8-23-16(25)14-9-4-5-10(6-9)15(14)17(23)26/h1-5,7,9-10,14-15H,6,8H2,(H,22,24). The van der Waals surface area contributed by atoms with E-state index in [2.05, 4.69) is 10.1 Å². The maximum absolute atomic E-state index is 12.5. The van der Waals surface area contributed by atoms with Crippen LogP contribution in [-0.2, 0) is 14.4 Å². The van der Waals surface area contributed by atoms with Crippen LogP contribution in [0.5, 0.6) is 5.75 Å². The minimum Gasteiger partial charge on any atom is -0.406 e. The van der Waals surface area contributed by atoms with Crippen LogP contribution in [0.15, 0.2) is 36.4 Å². The number of allylic oxidation sites excluding steroid dienone is 2. The molecule has 2 fully saturated rings. The third-order valence-corrected chi connectivity index (χ3v) is 5.21. The summed E-state index contributed by atoms with van der Waals surface area (Å²) in [6, 6.07) is 4.78. The number of alkyl halides is 3. The van der Waals surface area contributed by atoms with E-state index in [1.807, 2.05) is 12.2 Å². The lowest BCUT2D eigenvalue weighted by Crippen LogP contribution is -2.39. The number of halogens is 3. The topological polar surface area (TPSA) is 75.7 Å². The molecule has 1 N–H and O–H groups in total. The number of fused-ring (bicyclic) bond motifs is 5. The van der Waals surface area contributed by atoms with Gasteiger partial charge < -0.3 is 10.1 Å². The van der Waals surface area contributed by atoms with Crippen LogP contribution in [0.3, 0.4) is 0 Å². The Morgan fingerprint density at radius 3 is 2.37 bits per heavy atom. The van der Waals surface area contributed by atoms with Gasteiger partial charge in [-0.2, -0.15) is 0 Å². The minimum absolute atomic E-state index is 0.0423. The Kier molecular flexibility index (Phi) is 3.97. The molecule has 1 saturated heterocycles.